The Morgan fingerprint density at radius 3 is 1.98 bits per heavy atom. The quantitative estimate of drug-likeness (QED) is 0.203. The van der Waals surface area contributed by atoms with Crippen LogP contribution < -0.4 is 0 Å². The first-order valence-corrected chi connectivity index (χ1v) is 14.6. The molecule has 0 saturated carbocycles. The monoisotopic (exact) mass is 527 g/mol. The van der Waals surface area contributed by atoms with Crippen molar-refractivity contribution in [2.45, 2.75) is 26.2 Å². The van der Waals surface area contributed by atoms with E-state index in [0.29, 0.717) is 5.92 Å². The zero-order valence-electron chi connectivity index (χ0n) is 23.6. The van der Waals surface area contributed by atoms with Crippen LogP contribution in [-0.2, 0) is 0 Å². The second-order valence-electron chi connectivity index (χ2n) is 10.9. The van der Waals surface area contributed by atoms with Crippen LogP contribution in [0.2, 0.25) is 0 Å². The van der Waals surface area contributed by atoms with Gasteiger partial charge in [-0.2, -0.15) is 0 Å². The van der Waals surface area contributed by atoms with E-state index in [-0.39, 0.29) is 0 Å². The molecule has 1 nitrogen and oxygen atoms in total. The van der Waals surface area contributed by atoms with E-state index in [1.807, 2.05) is 0 Å². The molecule has 1 heteroatoms. The highest BCUT2D eigenvalue weighted by Gasteiger charge is 2.18. The molecule has 0 spiro atoms. The smallest absolute Gasteiger partial charge is 0.0541 e. The number of aryl methyl sites for hydroxylation is 1. The summed E-state index contributed by atoms with van der Waals surface area (Å²) in [6.07, 6.45) is 1.06. The molecule has 0 amide bonds. The molecule has 0 aliphatic heterocycles. The number of para-hydroxylation sites is 2. The summed E-state index contributed by atoms with van der Waals surface area (Å²) in [5, 5.41) is 2.55. The van der Waals surface area contributed by atoms with Crippen LogP contribution in [0.1, 0.15) is 36.0 Å². The average Bonchev–Trinajstić information content (AvgIpc) is 3.37. The lowest BCUT2D eigenvalue weighted by Gasteiger charge is -2.21. The lowest BCUT2D eigenvalue weighted by atomic mass is 9.83. The highest BCUT2D eigenvalue weighted by atomic mass is 15.0. The summed E-state index contributed by atoms with van der Waals surface area (Å²) in [4.78, 5) is 0. The van der Waals surface area contributed by atoms with E-state index < -0.39 is 0 Å². The van der Waals surface area contributed by atoms with Gasteiger partial charge in [-0.3, -0.25) is 0 Å². The second kappa shape index (κ2) is 10.6. The number of fused-ring (bicyclic) bond motifs is 3. The van der Waals surface area contributed by atoms with Crippen molar-refractivity contribution in [1.29, 1.82) is 0 Å². The number of aromatic nitrogens is 1. The van der Waals surface area contributed by atoms with Gasteiger partial charge in [-0.05, 0) is 88.7 Å². The topological polar surface area (TPSA) is 4.93 Å². The summed E-state index contributed by atoms with van der Waals surface area (Å²) in [5.74, 6) is 0.357. The highest BCUT2D eigenvalue weighted by Crippen LogP contribution is 2.39. The molecular weight excluding hydrogens is 494 g/mol. The summed E-state index contributed by atoms with van der Waals surface area (Å²) < 4.78 is 2.37. The fourth-order valence-corrected chi connectivity index (χ4v) is 6.47. The van der Waals surface area contributed by atoms with E-state index in [1.165, 1.54) is 66.4 Å². The Morgan fingerprint density at radius 2 is 1.17 bits per heavy atom. The Bertz CT molecular complexity index is 1980. The first-order valence-electron chi connectivity index (χ1n) is 14.6. The molecule has 0 aliphatic rings. The molecule has 41 heavy (non-hydrogen) atoms. The molecular formula is C40H33N. The molecule has 6 aromatic carbocycles. The first-order chi connectivity index (χ1) is 20.2. The first kappa shape index (κ1) is 25.1. The van der Waals surface area contributed by atoms with Crippen LogP contribution in [0.15, 0.2) is 146 Å². The molecule has 0 bridgehead atoms. The zero-order chi connectivity index (χ0) is 27.8. The van der Waals surface area contributed by atoms with Crippen molar-refractivity contribution in [2.24, 2.45) is 0 Å². The van der Waals surface area contributed by atoms with Crippen LogP contribution in [0, 0.1) is 6.92 Å². The number of rotatable bonds is 6. The van der Waals surface area contributed by atoms with Gasteiger partial charge in [0.1, 0.15) is 0 Å². The minimum atomic E-state index is 0.357. The third-order valence-corrected chi connectivity index (χ3v) is 8.49. The van der Waals surface area contributed by atoms with Gasteiger partial charge in [0, 0.05) is 22.4 Å². The Morgan fingerprint density at radius 1 is 0.537 bits per heavy atom. The number of benzene rings is 6. The molecule has 1 unspecified atom stereocenters. The van der Waals surface area contributed by atoms with Gasteiger partial charge in [-0.15, -0.1) is 0 Å². The van der Waals surface area contributed by atoms with E-state index in [2.05, 4.69) is 164 Å². The summed E-state index contributed by atoms with van der Waals surface area (Å²) in [5.41, 5.74) is 12.8. The van der Waals surface area contributed by atoms with Crippen molar-refractivity contribution in [3.63, 3.8) is 0 Å². The Balaban J connectivity index is 1.37. The van der Waals surface area contributed by atoms with Crippen LogP contribution >= 0.6 is 0 Å². The summed E-state index contributed by atoms with van der Waals surface area (Å²) in [6.45, 7) is 4.52. The highest BCUT2D eigenvalue weighted by molar-refractivity contribution is 6.10. The minimum absolute atomic E-state index is 0.357. The van der Waals surface area contributed by atoms with E-state index in [1.54, 1.807) is 0 Å². The minimum Gasteiger partial charge on any atom is -0.309 e. The molecule has 0 radical (unpaired) electrons. The molecule has 7 aromatic rings. The number of hydrogen-bond acceptors (Lipinski definition) is 0. The third-order valence-electron chi connectivity index (χ3n) is 8.49. The van der Waals surface area contributed by atoms with Crippen LogP contribution in [0.4, 0.5) is 0 Å². The van der Waals surface area contributed by atoms with E-state index in [4.69, 9.17) is 0 Å². The Labute approximate surface area is 242 Å². The fraction of sp³-hybridized carbons (Fsp3) is 0.100. The molecule has 1 aromatic heterocycles. The SMILES string of the molecule is CCC(c1ccccc1)c1ccccc1-c1cc(-c2ccc3c(c2)c2ccccc2n3-c2ccccc2)ccc1C. The molecule has 7 rings (SSSR count). The lowest BCUT2D eigenvalue weighted by molar-refractivity contribution is 0.779. The van der Waals surface area contributed by atoms with Crippen LogP contribution in [0.25, 0.3) is 49.7 Å². The fourth-order valence-electron chi connectivity index (χ4n) is 6.47. The molecule has 1 atom stereocenters. The predicted octanol–water partition coefficient (Wildman–Crippen LogP) is 11.0. The Kier molecular flexibility index (Phi) is 6.49. The van der Waals surface area contributed by atoms with Gasteiger partial charge in [-0.1, -0.05) is 116 Å². The summed E-state index contributed by atoms with van der Waals surface area (Å²) >= 11 is 0. The number of hydrogen-bond donors (Lipinski definition) is 0. The van der Waals surface area contributed by atoms with Crippen molar-refractivity contribution in [3.05, 3.63) is 162 Å². The van der Waals surface area contributed by atoms with Crippen molar-refractivity contribution in [1.82, 2.24) is 4.57 Å². The van der Waals surface area contributed by atoms with Crippen molar-refractivity contribution in [3.8, 4) is 27.9 Å². The van der Waals surface area contributed by atoms with Gasteiger partial charge in [0.2, 0.25) is 0 Å². The standard InChI is InChI=1S/C40H33N/c1-3-33(29-14-6-4-7-15-29)34-18-10-11-19-35(34)37-26-30(23-22-28(37)2)31-24-25-40-38(27-31)36-20-12-13-21-39(36)41(40)32-16-8-5-9-17-32/h4-27,33H,3H2,1-2H3. The lowest BCUT2D eigenvalue weighted by Crippen LogP contribution is -2.02. The maximum Gasteiger partial charge on any atom is 0.0541 e. The van der Waals surface area contributed by atoms with Crippen LogP contribution in [-0.4, -0.2) is 4.57 Å². The van der Waals surface area contributed by atoms with Gasteiger partial charge in [-0.25, -0.2) is 0 Å². The number of nitrogens with zero attached hydrogens (tertiary/aromatic N) is 1. The predicted molar refractivity (Wildman–Crippen MR) is 175 cm³/mol. The third kappa shape index (κ3) is 4.44. The average molecular weight is 528 g/mol. The molecule has 1 heterocycles. The van der Waals surface area contributed by atoms with Crippen molar-refractivity contribution >= 4 is 21.8 Å². The van der Waals surface area contributed by atoms with Crippen molar-refractivity contribution in [2.75, 3.05) is 0 Å². The Hall–Kier alpha value is -4.88. The normalized spacial score (nSPS) is 12.1. The molecule has 0 fully saturated rings. The van der Waals surface area contributed by atoms with E-state index >= 15 is 0 Å². The van der Waals surface area contributed by atoms with Crippen molar-refractivity contribution < 1.29 is 0 Å². The van der Waals surface area contributed by atoms with Crippen LogP contribution in [0.3, 0.4) is 0 Å². The van der Waals surface area contributed by atoms with Gasteiger partial charge >= 0.3 is 0 Å². The zero-order valence-corrected chi connectivity index (χ0v) is 23.6. The molecule has 0 N–H and O–H groups in total. The van der Waals surface area contributed by atoms with Crippen LogP contribution in [0.5, 0.6) is 0 Å². The molecule has 198 valence electrons. The van der Waals surface area contributed by atoms with E-state index in [0.717, 1.165) is 6.42 Å². The summed E-state index contributed by atoms with van der Waals surface area (Å²) in [7, 11) is 0. The molecule has 0 saturated heterocycles. The molecule has 0 aliphatic carbocycles. The van der Waals surface area contributed by atoms with Gasteiger partial charge in [0.05, 0.1) is 11.0 Å². The van der Waals surface area contributed by atoms with E-state index in [9.17, 15) is 0 Å². The summed E-state index contributed by atoms with van der Waals surface area (Å²) in [6, 6.07) is 53.2. The second-order valence-corrected chi connectivity index (χ2v) is 10.9. The van der Waals surface area contributed by atoms with Gasteiger partial charge in [0.25, 0.3) is 0 Å². The maximum absolute atomic E-state index is 2.39. The van der Waals surface area contributed by atoms with Gasteiger partial charge in [0.15, 0.2) is 0 Å². The van der Waals surface area contributed by atoms with Gasteiger partial charge < -0.3 is 4.57 Å². The maximum atomic E-state index is 2.39. The largest absolute Gasteiger partial charge is 0.309 e.